The van der Waals surface area contributed by atoms with Gasteiger partial charge in [-0.15, -0.1) is 10.2 Å². The molecule has 2 aromatic carbocycles. The fourth-order valence-electron chi connectivity index (χ4n) is 3.35. The number of aromatic nitrogens is 3. The molecule has 7 heteroatoms. The molecule has 0 radical (unpaired) electrons. The molecule has 0 aliphatic heterocycles. The van der Waals surface area contributed by atoms with Gasteiger partial charge in [0.2, 0.25) is 5.91 Å². The molecule has 30 heavy (non-hydrogen) atoms. The summed E-state index contributed by atoms with van der Waals surface area (Å²) in [7, 11) is 0. The molecule has 1 aromatic heterocycles. The molecule has 1 heterocycles. The van der Waals surface area contributed by atoms with E-state index >= 15 is 0 Å². The topological polar surface area (TPSA) is 63.1 Å². The van der Waals surface area contributed by atoms with E-state index in [1.54, 1.807) is 0 Å². The van der Waals surface area contributed by atoms with Crippen LogP contribution in [0.1, 0.15) is 26.3 Å². The molecule has 0 aliphatic carbocycles. The predicted molar refractivity (Wildman–Crippen MR) is 125 cm³/mol. The second-order valence-corrected chi connectivity index (χ2v) is 7.92. The minimum absolute atomic E-state index is 0.0571. The fraction of sp³-hybridized carbons (Fsp3) is 0.348. The number of hydrogen-bond acceptors (Lipinski definition) is 5. The van der Waals surface area contributed by atoms with Gasteiger partial charge in [-0.3, -0.25) is 4.79 Å². The highest BCUT2D eigenvalue weighted by Crippen LogP contribution is 2.25. The Morgan fingerprint density at radius 2 is 1.80 bits per heavy atom. The van der Waals surface area contributed by atoms with Crippen LogP contribution in [0.3, 0.4) is 0 Å². The smallest absolute Gasteiger partial charge is 0.234 e. The quantitative estimate of drug-likeness (QED) is 0.499. The average Bonchev–Trinajstić information content (AvgIpc) is 3.17. The predicted octanol–water partition coefficient (Wildman–Crippen LogP) is 4.85. The second-order valence-electron chi connectivity index (χ2n) is 6.98. The summed E-state index contributed by atoms with van der Waals surface area (Å²) < 4.78 is 2.05. The zero-order chi connectivity index (χ0) is 21.5. The van der Waals surface area contributed by atoms with Crippen LogP contribution in [0.2, 0.25) is 0 Å². The third-order valence-electron chi connectivity index (χ3n) is 4.92. The molecule has 158 valence electrons. The van der Waals surface area contributed by atoms with Gasteiger partial charge in [-0.05, 0) is 58.0 Å². The molecular formula is C23H29N5OS. The number of nitrogens with zero attached hydrogens (tertiary/aromatic N) is 4. The van der Waals surface area contributed by atoms with Crippen molar-refractivity contribution in [2.75, 3.05) is 29.1 Å². The van der Waals surface area contributed by atoms with Crippen molar-refractivity contribution in [2.24, 2.45) is 0 Å². The minimum Gasteiger partial charge on any atom is -0.372 e. The first-order chi connectivity index (χ1) is 14.5. The Morgan fingerprint density at radius 3 is 2.43 bits per heavy atom. The monoisotopic (exact) mass is 423 g/mol. The van der Waals surface area contributed by atoms with Crippen molar-refractivity contribution in [2.45, 2.75) is 39.4 Å². The Kier molecular flexibility index (Phi) is 7.52. The van der Waals surface area contributed by atoms with Gasteiger partial charge in [0.05, 0.1) is 5.75 Å². The number of hydrogen-bond donors (Lipinski definition) is 1. The van der Waals surface area contributed by atoms with E-state index in [0.717, 1.165) is 47.6 Å². The zero-order valence-corrected chi connectivity index (χ0v) is 18.9. The molecule has 0 aliphatic rings. The van der Waals surface area contributed by atoms with Gasteiger partial charge < -0.3 is 14.8 Å². The second kappa shape index (κ2) is 10.3. The summed E-state index contributed by atoms with van der Waals surface area (Å²) in [6.07, 6.45) is 0. The molecule has 1 amide bonds. The van der Waals surface area contributed by atoms with Crippen LogP contribution in [0.5, 0.6) is 0 Å². The highest BCUT2D eigenvalue weighted by atomic mass is 32.2. The lowest BCUT2D eigenvalue weighted by Crippen LogP contribution is -2.21. The number of rotatable bonds is 9. The first-order valence-corrected chi connectivity index (χ1v) is 11.3. The highest BCUT2D eigenvalue weighted by molar-refractivity contribution is 7.99. The largest absolute Gasteiger partial charge is 0.372 e. The lowest BCUT2D eigenvalue weighted by molar-refractivity contribution is -0.113. The van der Waals surface area contributed by atoms with E-state index in [1.165, 1.54) is 17.3 Å². The van der Waals surface area contributed by atoms with Crippen molar-refractivity contribution in [1.82, 2.24) is 14.8 Å². The van der Waals surface area contributed by atoms with Gasteiger partial charge in [0.25, 0.3) is 0 Å². The summed E-state index contributed by atoms with van der Waals surface area (Å²) >= 11 is 1.40. The molecule has 6 nitrogen and oxygen atoms in total. The number of thioether (sulfide) groups is 1. The van der Waals surface area contributed by atoms with E-state index in [-0.39, 0.29) is 11.7 Å². The van der Waals surface area contributed by atoms with Gasteiger partial charge in [-0.2, -0.15) is 0 Å². The molecule has 0 saturated carbocycles. The SMILES string of the molecule is CCN(CC)c1ccc(NC(=O)CSc2nnc(-c3cccc(C)c3)n2CC)cc1. The van der Waals surface area contributed by atoms with Crippen molar-refractivity contribution < 1.29 is 4.79 Å². The summed E-state index contributed by atoms with van der Waals surface area (Å²) in [5.74, 6) is 1.05. The number of carbonyl (C=O) groups excluding carboxylic acids is 1. The molecule has 0 unspecified atom stereocenters. The van der Waals surface area contributed by atoms with E-state index in [9.17, 15) is 4.79 Å². The van der Waals surface area contributed by atoms with Crippen molar-refractivity contribution in [3.05, 3.63) is 54.1 Å². The van der Waals surface area contributed by atoms with Gasteiger partial charge in [0, 0.05) is 36.6 Å². The maximum absolute atomic E-state index is 12.4. The number of carbonyl (C=O) groups is 1. The van der Waals surface area contributed by atoms with Crippen molar-refractivity contribution in [1.29, 1.82) is 0 Å². The van der Waals surface area contributed by atoms with Crippen molar-refractivity contribution >= 4 is 29.0 Å². The number of benzene rings is 2. The Morgan fingerprint density at radius 1 is 1.07 bits per heavy atom. The molecule has 0 saturated heterocycles. The van der Waals surface area contributed by atoms with Gasteiger partial charge in [-0.1, -0.05) is 35.5 Å². The van der Waals surface area contributed by atoms with Crippen LogP contribution in [-0.4, -0.2) is 39.5 Å². The Balaban J connectivity index is 1.62. The number of nitrogens with one attached hydrogen (secondary N) is 1. The highest BCUT2D eigenvalue weighted by Gasteiger charge is 2.15. The standard InChI is InChI=1S/C23H29N5OS/c1-5-27(6-2)20-13-11-19(12-14-20)24-21(29)16-30-23-26-25-22(28(23)7-3)18-10-8-9-17(4)15-18/h8-15H,5-7,16H2,1-4H3,(H,24,29). The van der Waals surface area contributed by atoms with Crippen LogP contribution in [0.15, 0.2) is 53.7 Å². The number of aryl methyl sites for hydroxylation is 1. The Labute approximate surface area is 182 Å². The minimum atomic E-state index is -0.0571. The molecule has 3 aromatic rings. The van der Waals surface area contributed by atoms with Crippen molar-refractivity contribution in [3.8, 4) is 11.4 Å². The van der Waals surface area contributed by atoms with Gasteiger partial charge in [0.1, 0.15) is 0 Å². The van der Waals surface area contributed by atoms with E-state index in [1.807, 2.05) is 41.0 Å². The third-order valence-corrected chi connectivity index (χ3v) is 5.89. The molecular weight excluding hydrogens is 394 g/mol. The summed E-state index contributed by atoms with van der Waals surface area (Å²) in [5, 5.41) is 12.4. The first-order valence-electron chi connectivity index (χ1n) is 10.3. The molecule has 1 N–H and O–H groups in total. The maximum Gasteiger partial charge on any atom is 0.234 e. The molecule has 0 spiro atoms. The normalized spacial score (nSPS) is 10.8. The van der Waals surface area contributed by atoms with E-state index in [0.29, 0.717) is 0 Å². The van der Waals surface area contributed by atoms with E-state index in [4.69, 9.17) is 0 Å². The van der Waals surface area contributed by atoms with E-state index < -0.39 is 0 Å². The third kappa shape index (κ3) is 5.21. The molecule has 0 atom stereocenters. The Hall–Kier alpha value is -2.80. The fourth-order valence-corrected chi connectivity index (χ4v) is 4.15. The summed E-state index contributed by atoms with van der Waals surface area (Å²) in [5.41, 5.74) is 4.17. The first kappa shape index (κ1) is 21.9. The summed E-state index contributed by atoms with van der Waals surface area (Å²) in [6, 6.07) is 16.2. The Bertz CT molecular complexity index is 980. The van der Waals surface area contributed by atoms with Crippen LogP contribution in [0.4, 0.5) is 11.4 Å². The van der Waals surface area contributed by atoms with Crippen LogP contribution in [0, 0.1) is 6.92 Å². The lowest BCUT2D eigenvalue weighted by atomic mass is 10.1. The average molecular weight is 424 g/mol. The maximum atomic E-state index is 12.4. The molecule has 0 bridgehead atoms. The van der Waals surface area contributed by atoms with Crippen LogP contribution >= 0.6 is 11.8 Å². The van der Waals surface area contributed by atoms with Crippen LogP contribution in [-0.2, 0) is 11.3 Å². The number of anilines is 2. The van der Waals surface area contributed by atoms with Gasteiger partial charge in [0.15, 0.2) is 11.0 Å². The lowest BCUT2D eigenvalue weighted by Gasteiger charge is -2.21. The van der Waals surface area contributed by atoms with Gasteiger partial charge in [-0.25, -0.2) is 0 Å². The van der Waals surface area contributed by atoms with Gasteiger partial charge >= 0.3 is 0 Å². The summed E-state index contributed by atoms with van der Waals surface area (Å²) in [4.78, 5) is 14.7. The van der Waals surface area contributed by atoms with Crippen LogP contribution in [0.25, 0.3) is 11.4 Å². The van der Waals surface area contributed by atoms with Crippen molar-refractivity contribution in [3.63, 3.8) is 0 Å². The summed E-state index contributed by atoms with van der Waals surface area (Å²) in [6.45, 7) is 11.1. The molecule has 0 fully saturated rings. The number of amides is 1. The molecule has 3 rings (SSSR count). The van der Waals surface area contributed by atoms with E-state index in [2.05, 4.69) is 60.2 Å². The zero-order valence-electron chi connectivity index (χ0n) is 18.1. The van der Waals surface area contributed by atoms with Crippen LogP contribution < -0.4 is 10.2 Å².